The zero-order valence-corrected chi connectivity index (χ0v) is 20.1. The number of benzene rings is 3. The van der Waals surface area contributed by atoms with Crippen LogP contribution in [-0.2, 0) is 4.79 Å². The highest BCUT2D eigenvalue weighted by molar-refractivity contribution is 6.37. The summed E-state index contributed by atoms with van der Waals surface area (Å²) in [7, 11) is 0. The van der Waals surface area contributed by atoms with E-state index in [2.05, 4.69) is 15.8 Å². The molecule has 0 fully saturated rings. The number of amides is 2. The molecule has 0 unspecified atom stereocenters. The molecule has 0 heterocycles. The number of anilines is 1. The Morgan fingerprint density at radius 3 is 2.33 bits per heavy atom. The summed E-state index contributed by atoms with van der Waals surface area (Å²) in [6.07, 6.45) is 1.39. The van der Waals surface area contributed by atoms with Gasteiger partial charge < -0.3 is 10.1 Å². The molecular weight excluding hydrogens is 485 g/mol. The summed E-state index contributed by atoms with van der Waals surface area (Å²) in [6, 6.07) is 15.2. The van der Waals surface area contributed by atoms with Gasteiger partial charge in [0.15, 0.2) is 12.4 Å². The fourth-order valence-electron chi connectivity index (χ4n) is 2.83. The first-order valence-electron chi connectivity index (χ1n) is 9.81. The van der Waals surface area contributed by atoms with Crippen molar-refractivity contribution in [1.82, 2.24) is 5.43 Å². The molecular formula is C24H20Cl3N3O3. The van der Waals surface area contributed by atoms with Gasteiger partial charge in [-0.1, -0.05) is 46.9 Å². The molecule has 9 heteroatoms. The SMILES string of the molecule is Cc1cccc(NC(=O)COc2c(Cl)cc(/C=N/NC(=O)c3ccc(Cl)cc3)cc2Cl)c1C. The van der Waals surface area contributed by atoms with Gasteiger partial charge in [-0.2, -0.15) is 5.10 Å². The molecule has 0 aliphatic heterocycles. The second-order valence-electron chi connectivity index (χ2n) is 7.10. The fraction of sp³-hybridized carbons (Fsp3) is 0.125. The first-order valence-corrected chi connectivity index (χ1v) is 10.9. The molecule has 0 atom stereocenters. The molecule has 2 N–H and O–H groups in total. The van der Waals surface area contributed by atoms with Crippen LogP contribution >= 0.6 is 34.8 Å². The van der Waals surface area contributed by atoms with E-state index in [-0.39, 0.29) is 28.3 Å². The van der Waals surface area contributed by atoms with Crippen molar-refractivity contribution in [2.24, 2.45) is 5.10 Å². The Hall–Kier alpha value is -3.06. The summed E-state index contributed by atoms with van der Waals surface area (Å²) in [5, 5.41) is 7.65. The fourth-order valence-corrected chi connectivity index (χ4v) is 3.57. The van der Waals surface area contributed by atoms with Crippen molar-refractivity contribution in [3.63, 3.8) is 0 Å². The molecule has 0 bridgehead atoms. The molecule has 0 saturated carbocycles. The third kappa shape index (κ3) is 6.71. The molecule has 3 rings (SSSR count). The number of rotatable bonds is 7. The van der Waals surface area contributed by atoms with E-state index in [1.54, 1.807) is 36.4 Å². The summed E-state index contributed by atoms with van der Waals surface area (Å²) in [6.45, 7) is 3.63. The van der Waals surface area contributed by atoms with Crippen molar-refractivity contribution in [3.05, 3.63) is 91.9 Å². The molecule has 6 nitrogen and oxygen atoms in total. The number of hydrogen-bond donors (Lipinski definition) is 2. The predicted octanol–water partition coefficient (Wildman–Crippen LogP) is 6.05. The lowest BCUT2D eigenvalue weighted by Crippen LogP contribution is -2.21. The molecule has 0 aliphatic rings. The number of nitrogens with one attached hydrogen (secondary N) is 2. The average Bonchev–Trinajstić information content (AvgIpc) is 2.77. The van der Waals surface area contributed by atoms with E-state index in [0.29, 0.717) is 21.8 Å². The van der Waals surface area contributed by atoms with Crippen molar-refractivity contribution in [3.8, 4) is 5.75 Å². The smallest absolute Gasteiger partial charge is 0.271 e. The minimum Gasteiger partial charge on any atom is -0.481 e. The van der Waals surface area contributed by atoms with E-state index in [9.17, 15) is 9.59 Å². The molecule has 2 amide bonds. The van der Waals surface area contributed by atoms with Gasteiger partial charge in [-0.05, 0) is 73.0 Å². The van der Waals surface area contributed by atoms with Crippen LogP contribution in [0.5, 0.6) is 5.75 Å². The van der Waals surface area contributed by atoms with Gasteiger partial charge in [0.2, 0.25) is 0 Å². The Bertz CT molecular complexity index is 1190. The van der Waals surface area contributed by atoms with Gasteiger partial charge in [-0.3, -0.25) is 9.59 Å². The number of hydrogen-bond acceptors (Lipinski definition) is 4. The second kappa shape index (κ2) is 11.2. The maximum absolute atomic E-state index is 12.3. The van der Waals surface area contributed by atoms with Crippen LogP contribution in [0.25, 0.3) is 0 Å². The summed E-state index contributed by atoms with van der Waals surface area (Å²) < 4.78 is 5.54. The molecule has 0 radical (unpaired) electrons. The zero-order valence-electron chi connectivity index (χ0n) is 17.8. The van der Waals surface area contributed by atoms with E-state index in [1.807, 2.05) is 32.0 Å². The van der Waals surface area contributed by atoms with Crippen LogP contribution in [0, 0.1) is 13.8 Å². The lowest BCUT2D eigenvalue weighted by molar-refractivity contribution is -0.118. The first-order chi connectivity index (χ1) is 15.7. The largest absolute Gasteiger partial charge is 0.481 e. The van der Waals surface area contributed by atoms with E-state index in [1.165, 1.54) is 6.21 Å². The van der Waals surface area contributed by atoms with Crippen LogP contribution in [0.3, 0.4) is 0 Å². The van der Waals surface area contributed by atoms with Crippen molar-refractivity contribution in [1.29, 1.82) is 0 Å². The van der Waals surface area contributed by atoms with Crippen LogP contribution < -0.4 is 15.5 Å². The minimum atomic E-state index is -0.394. The van der Waals surface area contributed by atoms with Crippen LogP contribution in [0.15, 0.2) is 59.7 Å². The Morgan fingerprint density at radius 2 is 1.67 bits per heavy atom. The van der Waals surface area contributed by atoms with Crippen molar-refractivity contribution in [2.75, 3.05) is 11.9 Å². The normalized spacial score (nSPS) is 10.8. The number of nitrogens with zero attached hydrogens (tertiary/aromatic N) is 1. The van der Waals surface area contributed by atoms with Crippen molar-refractivity contribution < 1.29 is 14.3 Å². The maximum Gasteiger partial charge on any atom is 0.271 e. The summed E-state index contributed by atoms with van der Waals surface area (Å²) in [5.74, 6) is -0.557. The van der Waals surface area contributed by atoms with Gasteiger partial charge in [0.1, 0.15) is 0 Å². The summed E-state index contributed by atoms with van der Waals surface area (Å²) >= 11 is 18.4. The standard InChI is InChI=1S/C24H20Cl3N3O3/c1-14-4-3-5-21(15(14)2)29-22(31)13-33-23-19(26)10-16(11-20(23)27)12-28-30-24(32)17-6-8-18(25)9-7-17/h3-12H,13H2,1-2H3,(H,29,31)(H,30,32)/b28-12+. The average molecular weight is 505 g/mol. The molecule has 33 heavy (non-hydrogen) atoms. The van der Waals surface area contributed by atoms with Gasteiger partial charge in [0, 0.05) is 16.3 Å². The Kier molecular flexibility index (Phi) is 8.33. The molecule has 3 aromatic rings. The topological polar surface area (TPSA) is 79.8 Å². The number of hydrazone groups is 1. The molecule has 3 aromatic carbocycles. The maximum atomic E-state index is 12.3. The number of carbonyl (C=O) groups excluding carboxylic acids is 2. The van der Waals surface area contributed by atoms with E-state index < -0.39 is 5.91 Å². The lowest BCUT2D eigenvalue weighted by atomic mass is 10.1. The summed E-state index contributed by atoms with van der Waals surface area (Å²) in [5.41, 5.74) is 6.12. The number of ether oxygens (including phenoxy) is 1. The molecule has 0 saturated heterocycles. The summed E-state index contributed by atoms with van der Waals surface area (Å²) in [4.78, 5) is 24.4. The monoisotopic (exact) mass is 503 g/mol. The first kappa shape index (κ1) is 24.6. The van der Waals surface area contributed by atoms with E-state index >= 15 is 0 Å². The Labute approximate surface area is 206 Å². The quantitative estimate of drug-likeness (QED) is 0.304. The zero-order chi connectivity index (χ0) is 24.0. The minimum absolute atomic E-state index is 0.178. The van der Waals surface area contributed by atoms with Gasteiger partial charge in [-0.25, -0.2) is 5.43 Å². The van der Waals surface area contributed by atoms with Crippen LogP contribution in [0.1, 0.15) is 27.0 Å². The van der Waals surface area contributed by atoms with Crippen LogP contribution in [0.4, 0.5) is 5.69 Å². The highest BCUT2D eigenvalue weighted by Crippen LogP contribution is 2.34. The third-order valence-corrected chi connectivity index (χ3v) is 5.55. The molecule has 0 aromatic heterocycles. The van der Waals surface area contributed by atoms with E-state index in [0.717, 1.165) is 11.1 Å². The second-order valence-corrected chi connectivity index (χ2v) is 8.35. The Balaban J connectivity index is 1.59. The van der Waals surface area contributed by atoms with Crippen molar-refractivity contribution >= 4 is 58.5 Å². The van der Waals surface area contributed by atoms with Gasteiger partial charge in [0.05, 0.1) is 16.3 Å². The van der Waals surface area contributed by atoms with E-state index in [4.69, 9.17) is 39.5 Å². The number of aryl methyl sites for hydroxylation is 1. The van der Waals surface area contributed by atoms with Crippen molar-refractivity contribution in [2.45, 2.75) is 13.8 Å². The lowest BCUT2D eigenvalue weighted by Gasteiger charge is -2.13. The van der Waals surface area contributed by atoms with Gasteiger partial charge in [-0.15, -0.1) is 0 Å². The van der Waals surface area contributed by atoms with Crippen LogP contribution in [0.2, 0.25) is 15.1 Å². The Morgan fingerprint density at radius 1 is 1.00 bits per heavy atom. The number of halogens is 3. The third-order valence-electron chi connectivity index (χ3n) is 4.73. The molecule has 0 spiro atoms. The highest BCUT2D eigenvalue weighted by atomic mass is 35.5. The van der Waals surface area contributed by atoms with Gasteiger partial charge >= 0.3 is 0 Å². The molecule has 170 valence electrons. The molecule has 0 aliphatic carbocycles. The van der Waals surface area contributed by atoms with Crippen LogP contribution in [-0.4, -0.2) is 24.6 Å². The predicted molar refractivity (Wildman–Crippen MR) is 133 cm³/mol. The van der Waals surface area contributed by atoms with Gasteiger partial charge in [0.25, 0.3) is 11.8 Å². The highest BCUT2D eigenvalue weighted by Gasteiger charge is 2.13. The number of carbonyl (C=O) groups is 2.